The molecule has 0 spiro atoms. The van der Waals surface area contributed by atoms with Gasteiger partial charge in [-0.1, -0.05) is 22.9 Å². The SMILES string of the molecule is CC(Br)C(C)(C)NC(=O)c1ccc([N+](=O)[O-])[nH]1. The van der Waals surface area contributed by atoms with Crippen molar-refractivity contribution in [2.75, 3.05) is 0 Å². The molecule has 1 amide bonds. The van der Waals surface area contributed by atoms with Crippen LogP contribution in [0, 0.1) is 10.1 Å². The second kappa shape index (κ2) is 4.87. The van der Waals surface area contributed by atoms with Crippen LogP contribution in [0.2, 0.25) is 0 Å². The summed E-state index contributed by atoms with van der Waals surface area (Å²) in [6.07, 6.45) is 0. The normalized spacial score (nSPS) is 13.2. The number of H-pyrrole nitrogens is 1. The Morgan fingerprint density at radius 3 is 2.59 bits per heavy atom. The van der Waals surface area contributed by atoms with Crippen LogP contribution in [0.25, 0.3) is 0 Å². The minimum atomic E-state index is -0.574. The number of aromatic nitrogens is 1. The molecule has 0 aliphatic carbocycles. The highest BCUT2D eigenvalue weighted by Crippen LogP contribution is 2.18. The molecule has 0 aliphatic heterocycles. The standard InChI is InChI=1S/C10H14BrN3O3/c1-6(11)10(2,3)13-9(15)7-4-5-8(12-7)14(16)17/h4-6,12H,1-3H3,(H,13,15). The maximum Gasteiger partial charge on any atom is 0.321 e. The van der Waals surface area contributed by atoms with Gasteiger partial charge < -0.3 is 15.4 Å². The summed E-state index contributed by atoms with van der Waals surface area (Å²) in [6.45, 7) is 5.64. The number of nitrogens with one attached hydrogen (secondary N) is 2. The minimum Gasteiger partial charge on any atom is -0.358 e. The van der Waals surface area contributed by atoms with Gasteiger partial charge in [-0.3, -0.25) is 4.79 Å². The molecule has 0 fully saturated rings. The fourth-order valence-corrected chi connectivity index (χ4v) is 1.20. The van der Waals surface area contributed by atoms with Crippen LogP contribution < -0.4 is 5.32 Å². The first-order valence-electron chi connectivity index (χ1n) is 5.04. The van der Waals surface area contributed by atoms with Crippen LogP contribution in [0.15, 0.2) is 12.1 Å². The van der Waals surface area contributed by atoms with Crippen molar-refractivity contribution in [2.45, 2.75) is 31.1 Å². The van der Waals surface area contributed by atoms with E-state index in [0.717, 1.165) is 0 Å². The van der Waals surface area contributed by atoms with Gasteiger partial charge in [-0.2, -0.15) is 0 Å². The third-order valence-corrected chi connectivity index (χ3v) is 3.69. The highest BCUT2D eigenvalue weighted by molar-refractivity contribution is 9.09. The molecule has 0 saturated heterocycles. The number of rotatable bonds is 4. The molecule has 1 atom stereocenters. The fourth-order valence-electron chi connectivity index (χ4n) is 1.08. The first-order chi connectivity index (χ1) is 7.74. The molecule has 1 rings (SSSR count). The number of carbonyl (C=O) groups excluding carboxylic acids is 1. The lowest BCUT2D eigenvalue weighted by molar-refractivity contribution is -0.389. The lowest BCUT2D eigenvalue weighted by Gasteiger charge is -2.28. The van der Waals surface area contributed by atoms with Gasteiger partial charge in [-0.25, -0.2) is 4.98 Å². The van der Waals surface area contributed by atoms with E-state index in [9.17, 15) is 14.9 Å². The monoisotopic (exact) mass is 303 g/mol. The van der Waals surface area contributed by atoms with Crippen molar-refractivity contribution in [3.05, 3.63) is 27.9 Å². The van der Waals surface area contributed by atoms with Crippen LogP contribution in [-0.4, -0.2) is 26.2 Å². The summed E-state index contributed by atoms with van der Waals surface area (Å²) in [4.78, 5) is 24.2. The maximum absolute atomic E-state index is 11.8. The molecule has 0 aliphatic rings. The number of nitro groups is 1. The van der Waals surface area contributed by atoms with Crippen molar-refractivity contribution >= 4 is 27.7 Å². The Hall–Kier alpha value is -1.37. The zero-order chi connectivity index (χ0) is 13.2. The highest BCUT2D eigenvalue weighted by atomic mass is 79.9. The molecule has 0 radical (unpaired) electrons. The van der Waals surface area contributed by atoms with Crippen LogP contribution in [0.4, 0.5) is 5.82 Å². The number of halogens is 1. The van der Waals surface area contributed by atoms with Crippen LogP contribution in [0.1, 0.15) is 31.3 Å². The summed E-state index contributed by atoms with van der Waals surface area (Å²) in [5.74, 6) is -0.561. The van der Waals surface area contributed by atoms with Crippen LogP contribution in [-0.2, 0) is 0 Å². The lowest BCUT2D eigenvalue weighted by atomic mass is 10.0. The molecule has 0 bridgehead atoms. The van der Waals surface area contributed by atoms with E-state index < -0.39 is 10.5 Å². The van der Waals surface area contributed by atoms with E-state index in [2.05, 4.69) is 26.2 Å². The van der Waals surface area contributed by atoms with E-state index >= 15 is 0 Å². The molecule has 1 heterocycles. The van der Waals surface area contributed by atoms with Gasteiger partial charge in [0, 0.05) is 16.4 Å². The summed E-state index contributed by atoms with van der Waals surface area (Å²) < 4.78 is 0. The Kier molecular flexibility index (Phi) is 3.92. The summed E-state index contributed by atoms with van der Waals surface area (Å²) in [7, 11) is 0. The summed E-state index contributed by atoms with van der Waals surface area (Å²) in [6, 6.07) is 2.65. The van der Waals surface area contributed by atoms with E-state index in [1.165, 1.54) is 12.1 Å². The van der Waals surface area contributed by atoms with Gasteiger partial charge in [0.05, 0.1) is 0 Å². The number of nitrogens with zero attached hydrogens (tertiary/aromatic N) is 1. The van der Waals surface area contributed by atoms with E-state index in [4.69, 9.17) is 0 Å². The molecule has 6 nitrogen and oxygen atoms in total. The number of amides is 1. The molecular weight excluding hydrogens is 290 g/mol. The zero-order valence-electron chi connectivity index (χ0n) is 9.78. The van der Waals surface area contributed by atoms with E-state index in [1.807, 2.05) is 20.8 Å². The molecule has 1 aromatic rings. The highest BCUT2D eigenvalue weighted by Gasteiger charge is 2.27. The lowest BCUT2D eigenvalue weighted by Crippen LogP contribution is -2.48. The van der Waals surface area contributed by atoms with E-state index in [0.29, 0.717) is 0 Å². The van der Waals surface area contributed by atoms with Gasteiger partial charge >= 0.3 is 5.82 Å². The first-order valence-corrected chi connectivity index (χ1v) is 5.95. The molecule has 7 heteroatoms. The van der Waals surface area contributed by atoms with Crippen molar-refractivity contribution < 1.29 is 9.72 Å². The van der Waals surface area contributed by atoms with Gasteiger partial charge in [0.15, 0.2) is 5.69 Å². The average Bonchev–Trinajstić information content (AvgIpc) is 2.65. The summed E-state index contributed by atoms with van der Waals surface area (Å²) in [5.41, 5.74) is -0.269. The van der Waals surface area contributed by atoms with Crippen molar-refractivity contribution in [1.29, 1.82) is 0 Å². The molecule has 0 aromatic carbocycles. The molecule has 1 unspecified atom stereocenters. The molecule has 17 heavy (non-hydrogen) atoms. The minimum absolute atomic E-state index is 0.0731. The van der Waals surface area contributed by atoms with Gasteiger partial charge in [-0.15, -0.1) is 0 Å². The molecular formula is C10H14BrN3O3. The third-order valence-electron chi connectivity index (χ3n) is 2.54. The Morgan fingerprint density at radius 2 is 2.18 bits per heavy atom. The molecule has 94 valence electrons. The van der Waals surface area contributed by atoms with Crippen molar-refractivity contribution in [2.24, 2.45) is 0 Å². The fraction of sp³-hybridized carbons (Fsp3) is 0.500. The summed E-state index contributed by atoms with van der Waals surface area (Å²) in [5, 5.41) is 13.3. The average molecular weight is 304 g/mol. The molecule has 0 saturated carbocycles. The summed E-state index contributed by atoms with van der Waals surface area (Å²) >= 11 is 3.39. The first kappa shape index (κ1) is 13.7. The van der Waals surface area contributed by atoms with Crippen molar-refractivity contribution in [1.82, 2.24) is 10.3 Å². The quantitative estimate of drug-likeness (QED) is 0.508. The number of alkyl halides is 1. The third kappa shape index (κ3) is 3.29. The van der Waals surface area contributed by atoms with Gasteiger partial charge in [-0.05, 0) is 24.8 Å². The predicted molar refractivity (Wildman–Crippen MR) is 67.4 cm³/mol. The largest absolute Gasteiger partial charge is 0.358 e. The number of hydrogen-bond donors (Lipinski definition) is 2. The van der Waals surface area contributed by atoms with Crippen LogP contribution in [0.5, 0.6) is 0 Å². The van der Waals surface area contributed by atoms with E-state index in [-0.39, 0.29) is 22.2 Å². The Morgan fingerprint density at radius 1 is 1.59 bits per heavy atom. The topological polar surface area (TPSA) is 88.0 Å². The van der Waals surface area contributed by atoms with Gasteiger partial charge in [0.1, 0.15) is 0 Å². The smallest absolute Gasteiger partial charge is 0.321 e. The van der Waals surface area contributed by atoms with Crippen LogP contribution in [0.3, 0.4) is 0 Å². The number of aromatic amines is 1. The molecule has 2 N–H and O–H groups in total. The Bertz CT molecular complexity index is 440. The van der Waals surface area contributed by atoms with Gasteiger partial charge in [0.2, 0.25) is 0 Å². The van der Waals surface area contributed by atoms with Crippen LogP contribution >= 0.6 is 15.9 Å². The maximum atomic E-state index is 11.8. The Balaban J connectivity index is 2.80. The number of carbonyl (C=O) groups is 1. The van der Waals surface area contributed by atoms with Crippen molar-refractivity contribution in [3.63, 3.8) is 0 Å². The predicted octanol–water partition coefficient (Wildman–Crippen LogP) is 2.21. The second-order valence-electron chi connectivity index (χ2n) is 4.31. The second-order valence-corrected chi connectivity index (χ2v) is 5.68. The van der Waals surface area contributed by atoms with Crippen molar-refractivity contribution in [3.8, 4) is 0 Å². The zero-order valence-corrected chi connectivity index (χ0v) is 11.4. The number of hydrogen-bond acceptors (Lipinski definition) is 3. The van der Waals surface area contributed by atoms with E-state index in [1.54, 1.807) is 0 Å². The van der Waals surface area contributed by atoms with Gasteiger partial charge in [0.25, 0.3) is 5.91 Å². The Labute approximate surface area is 107 Å². The molecule has 1 aromatic heterocycles.